The van der Waals surface area contributed by atoms with E-state index in [1.165, 1.54) is 5.56 Å². The molecule has 17 heavy (non-hydrogen) atoms. The van der Waals surface area contributed by atoms with Crippen LogP contribution in [0.15, 0.2) is 28.7 Å². The van der Waals surface area contributed by atoms with Crippen molar-refractivity contribution in [3.8, 4) is 0 Å². The van der Waals surface area contributed by atoms with Crippen molar-refractivity contribution >= 4 is 22.0 Å². The highest BCUT2D eigenvalue weighted by atomic mass is 79.9. The summed E-state index contributed by atoms with van der Waals surface area (Å²) in [5.41, 5.74) is 1.18. The first-order valence-corrected chi connectivity index (χ1v) is 6.38. The molecule has 0 saturated carbocycles. The van der Waals surface area contributed by atoms with Gasteiger partial charge >= 0.3 is 6.03 Å². The average Bonchev–Trinajstić information content (AvgIpc) is 2.32. The minimum absolute atomic E-state index is 0.0964. The van der Waals surface area contributed by atoms with E-state index in [9.17, 15) is 4.79 Å². The largest absolute Gasteiger partial charge is 0.396 e. The summed E-state index contributed by atoms with van der Waals surface area (Å²) in [6.45, 7) is 1.20. The zero-order valence-corrected chi connectivity index (χ0v) is 11.2. The number of amides is 2. The first-order valence-electron chi connectivity index (χ1n) is 5.59. The molecule has 1 aromatic rings. The zero-order valence-electron chi connectivity index (χ0n) is 9.58. The third-order valence-corrected chi connectivity index (χ3v) is 2.76. The molecular formula is C12H17BrN2O2. The lowest BCUT2D eigenvalue weighted by molar-refractivity contribution is 0.238. The van der Waals surface area contributed by atoms with Gasteiger partial charge in [0, 0.05) is 24.2 Å². The molecule has 0 radical (unpaired) electrons. The molecule has 1 rings (SSSR count). The lowest BCUT2D eigenvalue weighted by Gasteiger charge is -2.07. The summed E-state index contributed by atoms with van der Waals surface area (Å²) in [7, 11) is 0. The normalized spacial score (nSPS) is 10.0. The van der Waals surface area contributed by atoms with Crippen LogP contribution in [0.1, 0.15) is 12.0 Å². The molecule has 0 unspecified atom stereocenters. The van der Waals surface area contributed by atoms with E-state index in [4.69, 9.17) is 5.11 Å². The Balaban J connectivity index is 2.14. The van der Waals surface area contributed by atoms with E-state index >= 15 is 0 Å². The van der Waals surface area contributed by atoms with Crippen molar-refractivity contribution in [1.82, 2.24) is 10.6 Å². The molecule has 0 aromatic heterocycles. The van der Waals surface area contributed by atoms with E-state index in [-0.39, 0.29) is 12.6 Å². The van der Waals surface area contributed by atoms with Gasteiger partial charge in [-0.25, -0.2) is 4.79 Å². The fraction of sp³-hybridized carbons (Fsp3) is 0.417. The Morgan fingerprint density at radius 2 is 1.82 bits per heavy atom. The maximum Gasteiger partial charge on any atom is 0.314 e. The first-order chi connectivity index (χ1) is 8.22. The van der Waals surface area contributed by atoms with Gasteiger partial charge in [0.25, 0.3) is 0 Å². The number of urea groups is 1. The molecule has 0 heterocycles. The van der Waals surface area contributed by atoms with E-state index in [0.29, 0.717) is 19.5 Å². The summed E-state index contributed by atoms with van der Waals surface area (Å²) in [5, 5.41) is 14.0. The third kappa shape index (κ3) is 6.28. The van der Waals surface area contributed by atoms with Crippen LogP contribution in [0.25, 0.3) is 0 Å². The Morgan fingerprint density at radius 3 is 2.47 bits per heavy atom. The van der Waals surface area contributed by atoms with Crippen LogP contribution in [0.2, 0.25) is 0 Å². The molecule has 0 aliphatic heterocycles. The number of benzene rings is 1. The van der Waals surface area contributed by atoms with Crippen molar-refractivity contribution in [1.29, 1.82) is 0 Å². The Labute approximate surface area is 110 Å². The smallest absolute Gasteiger partial charge is 0.314 e. The van der Waals surface area contributed by atoms with Crippen LogP contribution in [-0.2, 0) is 6.42 Å². The van der Waals surface area contributed by atoms with E-state index in [2.05, 4.69) is 26.6 Å². The van der Waals surface area contributed by atoms with Gasteiger partial charge in [-0.2, -0.15) is 0 Å². The number of carbonyl (C=O) groups excluding carboxylic acids is 1. The summed E-state index contributed by atoms with van der Waals surface area (Å²) in [6.07, 6.45) is 1.39. The van der Waals surface area contributed by atoms with E-state index in [1.807, 2.05) is 24.3 Å². The Kier molecular flexibility index (Phi) is 6.65. The molecule has 0 spiro atoms. The summed E-state index contributed by atoms with van der Waals surface area (Å²) in [6, 6.07) is 7.83. The fourth-order valence-electron chi connectivity index (χ4n) is 1.31. The van der Waals surface area contributed by atoms with Gasteiger partial charge in [-0.05, 0) is 30.5 Å². The second-order valence-electron chi connectivity index (χ2n) is 3.64. The Bertz CT molecular complexity index is 341. The fourth-order valence-corrected chi connectivity index (χ4v) is 1.58. The van der Waals surface area contributed by atoms with Crippen molar-refractivity contribution in [2.75, 3.05) is 19.7 Å². The highest BCUT2D eigenvalue weighted by Crippen LogP contribution is 2.10. The molecule has 0 atom stereocenters. The lowest BCUT2D eigenvalue weighted by Crippen LogP contribution is -2.37. The molecule has 1 aromatic carbocycles. The number of rotatable bonds is 6. The van der Waals surface area contributed by atoms with Crippen LogP contribution in [0.5, 0.6) is 0 Å². The molecule has 4 nitrogen and oxygen atoms in total. The van der Waals surface area contributed by atoms with E-state index in [1.54, 1.807) is 0 Å². The van der Waals surface area contributed by atoms with Gasteiger partial charge in [0.2, 0.25) is 0 Å². The predicted molar refractivity (Wildman–Crippen MR) is 71.0 cm³/mol. The Hall–Kier alpha value is -1.07. The van der Waals surface area contributed by atoms with Crippen LogP contribution >= 0.6 is 15.9 Å². The summed E-state index contributed by atoms with van der Waals surface area (Å²) in [5.74, 6) is 0. The van der Waals surface area contributed by atoms with Crippen molar-refractivity contribution in [2.45, 2.75) is 12.8 Å². The number of nitrogens with one attached hydrogen (secondary N) is 2. The number of aliphatic hydroxyl groups excluding tert-OH is 1. The predicted octanol–water partition coefficient (Wildman–Crippen LogP) is 1.67. The van der Waals surface area contributed by atoms with Crippen molar-refractivity contribution < 1.29 is 9.90 Å². The van der Waals surface area contributed by atoms with E-state index < -0.39 is 0 Å². The van der Waals surface area contributed by atoms with Gasteiger partial charge in [0.1, 0.15) is 0 Å². The third-order valence-electron chi connectivity index (χ3n) is 2.23. The van der Waals surface area contributed by atoms with Gasteiger partial charge in [-0.3, -0.25) is 0 Å². The SMILES string of the molecule is O=C(NCCCO)NCCc1ccc(Br)cc1. The second kappa shape index (κ2) is 8.08. The van der Waals surface area contributed by atoms with Gasteiger partial charge in [0.15, 0.2) is 0 Å². The number of halogens is 1. The van der Waals surface area contributed by atoms with Crippen LogP contribution in [-0.4, -0.2) is 30.8 Å². The highest BCUT2D eigenvalue weighted by molar-refractivity contribution is 9.10. The van der Waals surface area contributed by atoms with Gasteiger partial charge in [-0.15, -0.1) is 0 Å². The number of aliphatic hydroxyl groups is 1. The molecule has 5 heteroatoms. The minimum atomic E-state index is -0.185. The maximum atomic E-state index is 11.3. The molecule has 0 aliphatic carbocycles. The van der Waals surface area contributed by atoms with Gasteiger partial charge < -0.3 is 15.7 Å². The molecule has 94 valence electrons. The van der Waals surface area contributed by atoms with Crippen molar-refractivity contribution in [2.24, 2.45) is 0 Å². The monoisotopic (exact) mass is 300 g/mol. The number of hydrogen-bond acceptors (Lipinski definition) is 2. The van der Waals surface area contributed by atoms with E-state index in [0.717, 1.165) is 10.9 Å². The molecule has 0 bridgehead atoms. The Morgan fingerprint density at radius 1 is 1.18 bits per heavy atom. The summed E-state index contributed by atoms with van der Waals surface area (Å²) in [4.78, 5) is 11.3. The van der Waals surface area contributed by atoms with Crippen molar-refractivity contribution in [3.05, 3.63) is 34.3 Å². The van der Waals surface area contributed by atoms with Crippen molar-refractivity contribution in [3.63, 3.8) is 0 Å². The standard InChI is InChI=1S/C12H17BrN2O2/c13-11-4-2-10(3-5-11)6-8-15-12(17)14-7-1-9-16/h2-5,16H,1,6-9H2,(H2,14,15,17). The number of carbonyl (C=O) groups is 1. The topological polar surface area (TPSA) is 61.4 Å². The second-order valence-corrected chi connectivity index (χ2v) is 4.55. The molecule has 3 N–H and O–H groups in total. The minimum Gasteiger partial charge on any atom is -0.396 e. The molecule has 0 aliphatic rings. The van der Waals surface area contributed by atoms with Crippen LogP contribution in [0.4, 0.5) is 4.79 Å². The van der Waals surface area contributed by atoms with Gasteiger partial charge in [-0.1, -0.05) is 28.1 Å². The average molecular weight is 301 g/mol. The zero-order chi connectivity index (χ0) is 12.5. The highest BCUT2D eigenvalue weighted by Gasteiger charge is 1.98. The van der Waals surface area contributed by atoms with Crippen LogP contribution < -0.4 is 10.6 Å². The molecule has 2 amide bonds. The van der Waals surface area contributed by atoms with Crippen LogP contribution in [0.3, 0.4) is 0 Å². The molecular weight excluding hydrogens is 284 g/mol. The number of hydrogen-bond donors (Lipinski definition) is 3. The first kappa shape index (κ1) is 14.0. The molecule has 0 saturated heterocycles. The van der Waals surface area contributed by atoms with Crippen LogP contribution in [0, 0.1) is 0 Å². The van der Waals surface area contributed by atoms with Gasteiger partial charge in [0.05, 0.1) is 0 Å². The summed E-state index contributed by atoms with van der Waals surface area (Å²) >= 11 is 3.37. The quantitative estimate of drug-likeness (QED) is 0.700. The lowest BCUT2D eigenvalue weighted by atomic mass is 10.1. The summed E-state index contributed by atoms with van der Waals surface area (Å²) < 4.78 is 1.05. The molecule has 0 fully saturated rings. The maximum absolute atomic E-state index is 11.3.